The van der Waals surface area contributed by atoms with Crippen LogP contribution in [0.3, 0.4) is 0 Å². The van der Waals surface area contributed by atoms with Crippen LogP contribution < -0.4 is 15.5 Å². The molecular formula is C27H25N5O2. The smallest absolute Gasteiger partial charge is 0.259 e. The Balaban J connectivity index is 1.41. The van der Waals surface area contributed by atoms with Gasteiger partial charge in [-0.1, -0.05) is 26.0 Å². The average Bonchev–Trinajstić information content (AvgIpc) is 3.10. The Hall–Kier alpha value is -4.26. The largest absolute Gasteiger partial charge is 0.340 e. The zero-order chi connectivity index (χ0) is 23.9. The van der Waals surface area contributed by atoms with E-state index in [4.69, 9.17) is 0 Å². The van der Waals surface area contributed by atoms with E-state index in [1.165, 1.54) is 0 Å². The molecule has 4 aromatic rings. The van der Waals surface area contributed by atoms with E-state index in [1.807, 2.05) is 42.5 Å². The Morgan fingerprint density at radius 3 is 2.62 bits per heavy atom. The van der Waals surface area contributed by atoms with E-state index in [2.05, 4.69) is 34.4 Å². The van der Waals surface area contributed by atoms with Crippen LogP contribution in [-0.2, 0) is 10.2 Å². The fourth-order valence-electron chi connectivity index (χ4n) is 4.44. The molecule has 34 heavy (non-hydrogen) atoms. The van der Waals surface area contributed by atoms with E-state index in [9.17, 15) is 9.59 Å². The predicted octanol–water partition coefficient (Wildman–Crippen LogP) is 5.27. The van der Waals surface area contributed by atoms with Crippen molar-refractivity contribution < 1.29 is 9.59 Å². The standard InChI is InChI=1S/C27H25N5O2/c1-17(33)32-16-27(2,3)23-9-8-21(14-24(23)32)31-26(34)22-5-4-11-29-25(22)30-20-7-6-18-10-12-28-15-19(18)13-20/h4-15H,16H2,1-3H3,(H,29,30)(H,31,34). The molecule has 0 radical (unpaired) electrons. The lowest BCUT2D eigenvalue weighted by Gasteiger charge is -2.19. The molecule has 2 amide bonds. The molecule has 0 unspecified atom stereocenters. The second-order valence-corrected chi connectivity index (χ2v) is 9.14. The summed E-state index contributed by atoms with van der Waals surface area (Å²) in [5, 5.41) is 8.29. The topological polar surface area (TPSA) is 87.2 Å². The van der Waals surface area contributed by atoms with Gasteiger partial charge in [0, 0.05) is 59.9 Å². The number of aromatic nitrogens is 2. The molecule has 0 fully saturated rings. The second-order valence-electron chi connectivity index (χ2n) is 9.14. The van der Waals surface area contributed by atoms with Crippen LogP contribution in [0.15, 0.2) is 73.2 Å². The maximum atomic E-state index is 13.2. The van der Waals surface area contributed by atoms with Crippen molar-refractivity contribution in [2.75, 3.05) is 22.1 Å². The van der Waals surface area contributed by atoms with Gasteiger partial charge in [-0.25, -0.2) is 4.98 Å². The lowest BCUT2D eigenvalue weighted by molar-refractivity contribution is -0.116. The van der Waals surface area contributed by atoms with Crippen molar-refractivity contribution in [3.63, 3.8) is 0 Å². The number of rotatable bonds is 4. The monoisotopic (exact) mass is 451 g/mol. The van der Waals surface area contributed by atoms with Crippen LogP contribution in [0.5, 0.6) is 0 Å². The first-order chi connectivity index (χ1) is 16.3. The van der Waals surface area contributed by atoms with Gasteiger partial charge >= 0.3 is 0 Å². The lowest BCUT2D eigenvalue weighted by atomic mass is 9.87. The van der Waals surface area contributed by atoms with Crippen molar-refractivity contribution in [1.82, 2.24) is 9.97 Å². The van der Waals surface area contributed by atoms with Gasteiger partial charge < -0.3 is 15.5 Å². The summed E-state index contributed by atoms with van der Waals surface area (Å²) in [6.45, 7) is 6.41. The van der Waals surface area contributed by atoms with E-state index < -0.39 is 0 Å². The molecule has 0 atom stereocenters. The maximum absolute atomic E-state index is 13.2. The van der Waals surface area contributed by atoms with Crippen LogP contribution in [0.25, 0.3) is 10.8 Å². The first-order valence-electron chi connectivity index (χ1n) is 11.1. The minimum atomic E-state index is -0.287. The van der Waals surface area contributed by atoms with Gasteiger partial charge in [-0.3, -0.25) is 14.6 Å². The summed E-state index contributed by atoms with van der Waals surface area (Å²) in [5.74, 6) is 0.153. The average molecular weight is 452 g/mol. The molecule has 5 rings (SSSR count). The van der Waals surface area contributed by atoms with Crippen LogP contribution >= 0.6 is 0 Å². The number of hydrogen-bond acceptors (Lipinski definition) is 5. The van der Waals surface area contributed by atoms with Gasteiger partial charge in [0.2, 0.25) is 5.91 Å². The fraction of sp³-hybridized carbons (Fsp3) is 0.185. The van der Waals surface area contributed by atoms with Gasteiger partial charge in [0.05, 0.1) is 5.56 Å². The molecule has 170 valence electrons. The first kappa shape index (κ1) is 21.6. The maximum Gasteiger partial charge on any atom is 0.259 e. The minimum Gasteiger partial charge on any atom is -0.340 e. The normalized spacial score (nSPS) is 14.0. The van der Waals surface area contributed by atoms with Crippen LogP contribution in [0.2, 0.25) is 0 Å². The Morgan fingerprint density at radius 1 is 0.971 bits per heavy atom. The van der Waals surface area contributed by atoms with Crippen LogP contribution in [0, 0.1) is 0 Å². The van der Waals surface area contributed by atoms with Gasteiger partial charge in [-0.15, -0.1) is 0 Å². The molecule has 1 aliphatic heterocycles. The summed E-state index contributed by atoms with van der Waals surface area (Å²) in [6.07, 6.45) is 5.20. The quantitative estimate of drug-likeness (QED) is 0.441. The highest BCUT2D eigenvalue weighted by atomic mass is 16.2. The van der Waals surface area contributed by atoms with E-state index >= 15 is 0 Å². The molecule has 2 aromatic heterocycles. The SMILES string of the molecule is CC(=O)N1CC(C)(C)c2ccc(NC(=O)c3cccnc3Nc3ccc4ccncc4c3)cc21. The number of fused-ring (bicyclic) bond motifs is 2. The zero-order valence-electron chi connectivity index (χ0n) is 19.3. The van der Waals surface area contributed by atoms with Crippen molar-refractivity contribution in [3.05, 3.63) is 84.3 Å². The number of carbonyl (C=O) groups excluding carboxylic acids is 2. The summed E-state index contributed by atoms with van der Waals surface area (Å²) >= 11 is 0. The second kappa shape index (κ2) is 8.26. The highest BCUT2D eigenvalue weighted by Crippen LogP contribution is 2.42. The fourth-order valence-corrected chi connectivity index (χ4v) is 4.44. The van der Waals surface area contributed by atoms with Gasteiger partial charge in [-0.05, 0) is 53.4 Å². The number of benzene rings is 2. The molecule has 0 spiro atoms. The molecule has 0 bridgehead atoms. The van der Waals surface area contributed by atoms with Gasteiger partial charge in [0.15, 0.2) is 0 Å². The molecule has 2 N–H and O–H groups in total. The lowest BCUT2D eigenvalue weighted by Crippen LogP contribution is -2.32. The highest BCUT2D eigenvalue weighted by molar-refractivity contribution is 6.08. The molecular weight excluding hydrogens is 426 g/mol. The van der Waals surface area contributed by atoms with Crippen LogP contribution in [0.4, 0.5) is 22.9 Å². The van der Waals surface area contributed by atoms with Crippen LogP contribution in [-0.4, -0.2) is 28.3 Å². The summed E-state index contributed by atoms with van der Waals surface area (Å²) in [7, 11) is 0. The first-order valence-corrected chi connectivity index (χ1v) is 11.1. The van der Waals surface area contributed by atoms with Gasteiger partial charge in [0.1, 0.15) is 5.82 Å². The molecule has 2 aromatic carbocycles. The summed E-state index contributed by atoms with van der Waals surface area (Å²) in [5.41, 5.74) is 3.64. The Kier molecular flexibility index (Phi) is 5.24. The summed E-state index contributed by atoms with van der Waals surface area (Å²) in [4.78, 5) is 35.7. The third-order valence-corrected chi connectivity index (χ3v) is 6.16. The van der Waals surface area contributed by atoms with E-state index in [-0.39, 0.29) is 17.2 Å². The van der Waals surface area contributed by atoms with Crippen molar-refractivity contribution in [2.45, 2.75) is 26.2 Å². The zero-order valence-corrected chi connectivity index (χ0v) is 19.3. The minimum absolute atomic E-state index is 0.0142. The van der Waals surface area contributed by atoms with E-state index in [0.29, 0.717) is 23.6 Å². The van der Waals surface area contributed by atoms with Crippen molar-refractivity contribution in [1.29, 1.82) is 0 Å². The summed E-state index contributed by atoms with van der Waals surface area (Å²) in [6, 6.07) is 17.0. The summed E-state index contributed by atoms with van der Waals surface area (Å²) < 4.78 is 0. The molecule has 0 saturated heterocycles. The third kappa shape index (κ3) is 3.96. The van der Waals surface area contributed by atoms with Crippen molar-refractivity contribution in [3.8, 4) is 0 Å². The highest BCUT2D eigenvalue weighted by Gasteiger charge is 2.37. The van der Waals surface area contributed by atoms with Crippen molar-refractivity contribution in [2.24, 2.45) is 0 Å². The Morgan fingerprint density at radius 2 is 1.79 bits per heavy atom. The molecule has 1 aliphatic rings. The molecule has 0 aliphatic carbocycles. The Labute approximate surface area is 197 Å². The molecule has 0 saturated carbocycles. The molecule has 7 heteroatoms. The number of carbonyl (C=O) groups is 2. The number of anilines is 4. The van der Waals surface area contributed by atoms with Gasteiger partial charge in [0.25, 0.3) is 5.91 Å². The van der Waals surface area contributed by atoms with E-state index in [0.717, 1.165) is 27.7 Å². The number of nitrogens with zero attached hydrogens (tertiary/aromatic N) is 3. The predicted molar refractivity (Wildman–Crippen MR) is 135 cm³/mol. The number of amides is 2. The number of nitrogens with one attached hydrogen (secondary N) is 2. The third-order valence-electron chi connectivity index (χ3n) is 6.16. The number of hydrogen-bond donors (Lipinski definition) is 2. The van der Waals surface area contributed by atoms with E-state index in [1.54, 1.807) is 42.5 Å². The Bertz CT molecular complexity index is 1430. The number of pyridine rings is 2. The molecule has 7 nitrogen and oxygen atoms in total. The molecule has 3 heterocycles. The van der Waals surface area contributed by atoms with Gasteiger partial charge in [-0.2, -0.15) is 0 Å². The van der Waals surface area contributed by atoms with Crippen molar-refractivity contribution >= 4 is 45.5 Å². The van der Waals surface area contributed by atoms with Crippen LogP contribution in [0.1, 0.15) is 36.7 Å².